The number of hydrogen-bond acceptors (Lipinski definition) is 6. The second kappa shape index (κ2) is 5.86. The minimum Gasteiger partial charge on any atom is -0.397 e. The van der Waals surface area contributed by atoms with Gasteiger partial charge in [-0.15, -0.1) is 11.3 Å². The molecule has 0 saturated carbocycles. The molecule has 0 unspecified atom stereocenters. The summed E-state index contributed by atoms with van der Waals surface area (Å²) >= 11 is 1.14. The zero-order valence-electron chi connectivity index (χ0n) is 11.2. The molecule has 2 aromatic heterocycles. The van der Waals surface area contributed by atoms with Gasteiger partial charge in [-0.05, 0) is 24.3 Å². The number of hydrogen-bond donors (Lipinski definition) is 2. The zero-order valence-corrected chi connectivity index (χ0v) is 12.0. The van der Waals surface area contributed by atoms with Crippen LogP contribution in [0.1, 0.15) is 9.67 Å². The van der Waals surface area contributed by atoms with E-state index in [1.165, 1.54) is 18.3 Å². The Bertz CT molecular complexity index is 821. The molecule has 1 amide bonds. The fourth-order valence-corrected chi connectivity index (χ4v) is 2.47. The number of anilines is 2. The number of nitrogens with two attached hydrogens (primary N) is 1. The van der Waals surface area contributed by atoms with E-state index in [1.54, 1.807) is 18.5 Å². The molecule has 0 aliphatic heterocycles. The number of carbonyl (C=O) groups is 1. The Morgan fingerprint density at radius 1 is 1.23 bits per heavy atom. The number of benzene rings is 1. The standard InChI is InChI=1S/C14H10FN5OS/c15-8-2-3-9(16)10(6-8)20-13(21)11-7-19-14(22-11)12-17-4-1-5-18-12/h1-7H,16H2,(H,20,21). The first-order valence-corrected chi connectivity index (χ1v) is 7.05. The van der Waals surface area contributed by atoms with Crippen molar-refractivity contribution in [1.29, 1.82) is 0 Å². The van der Waals surface area contributed by atoms with Gasteiger partial charge in [-0.2, -0.15) is 0 Å². The lowest BCUT2D eigenvalue weighted by molar-refractivity contribution is 0.103. The van der Waals surface area contributed by atoms with Gasteiger partial charge in [0.2, 0.25) is 0 Å². The third kappa shape index (κ3) is 2.91. The fraction of sp³-hybridized carbons (Fsp3) is 0. The number of amides is 1. The van der Waals surface area contributed by atoms with Crippen molar-refractivity contribution in [2.75, 3.05) is 11.1 Å². The summed E-state index contributed by atoms with van der Waals surface area (Å²) < 4.78 is 13.2. The minimum atomic E-state index is -0.479. The van der Waals surface area contributed by atoms with Gasteiger partial charge in [0.05, 0.1) is 17.6 Å². The number of nitrogens with one attached hydrogen (secondary N) is 1. The Kier molecular flexibility index (Phi) is 3.75. The zero-order chi connectivity index (χ0) is 15.5. The van der Waals surface area contributed by atoms with Gasteiger partial charge in [-0.3, -0.25) is 4.79 Å². The molecular formula is C14H10FN5OS. The Labute approximate surface area is 128 Å². The van der Waals surface area contributed by atoms with Crippen molar-refractivity contribution in [3.63, 3.8) is 0 Å². The highest BCUT2D eigenvalue weighted by Crippen LogP contribution is 2.24. The number of halogens is 1. The summed E-state index contributed by atoms with van der Waals surface area (Å²) in [4.78, 5) is 24.8. The molecule has 22 heavy (non-hydrogen) atoms. The summed E-state index contributed by atoms with van der Waals surface area (Å²) in [5, 5.41) is 3.08. The molecule has 110 valence electrons. The maximum atomic E-state index is 13.2. The van der Waals surface area contributed by atoms with E-state index in [0.717, 1.165) is 17.4 Å². The molecule has 0 atom stereocenters. The SMILES string of the molecule is Nc1ccc(F)cc1NC(=O)c1cnc(-c2ncccn2)s1. The van der Waals surface area contributed by atoms with E-state index in [4.69, 9.17) is 5.73 Å². The molecule has 0 radical (unpaired) electrons. The molecule has 1 aromatic carbocycles. The molecule has 8 heteroatoms. The van der Waals surface area contributed by atoms with Crippen molar-refractivity contribution in [1.82, 2.24) is 15.0 Å². The summed E-state index contributed by atoms with van der Waals surface area (Å²) in [5.74, 6) is -0.457. The fourth-order valence-electron chi connectivity index (χ4n) is 1.71. The number of carbonyl (C=O) groups excluding carboxylic acids is 1. The van der Waals surface area contributed by atoms with E-state index in [2.05, 4.69) is 20.3 Å². The second-order valence-electron chi connectivity index (χ2n) is 4.29. The van der Waals surface area contributed by atoms with Crippen molar-refractivity contribution in [3.8, 4) is 10.8 Å². The number of nitrogens with zero attached hydrogens (tertiary/aromatic N) is 3. The van der Waals surface area contributed by atoms with Crippen LogP contribution in [0.25, 0.3) is 10.8 Å². The van der Waals surface area contributed by atoms with Crippen LogP contribution in [0.5, 0.6) is 0 Å². The van der Waals surface area contributed by atoms with Gasteiger partial charge in [0.25, 0.3) is 5.91 Å². The number of thiazole rings is 1. The van der Waals surface area contributed by atoms with E-state index in [-0.39, 0.29) is 11.4 Å². The van der Waals surface area contributed by atoms with Gasteiger partial charge < -0.3 is 11.1 Å². The van der Waals surface area contributed by atoms with Crippen LogP contribution in [0.3, 0.4) is 0 Å². The van der Waals surface area contributed by atoms with E-state index in [0.29, 0.717) is 15.7 Å². The van der Waals surface area contributed by atoms with Crippen LogP contribution >= 0.6 is 11.3 Å². The van der Waals surface area contributed by atoms with Crippen LogP contribution in [0.15, 0.2) is 42.9 Å². The normalized spacial score (nSPS) is 10.4. The van der Waals surface area contributed by atoms with Crippen molar-refractivity contribution in [2.24, 2.45) is 0 Å². The molecule has 3 rings (SSSR count). The molecule has 0 fully saturated rings. The number of nitrogen functional groups attached to an aromatic ring is 1. The monoisotopic (exact) mass is 315 g/mol. The average molecular weight is 315 g/mol. The summed E-state index contributed by atoms with van der Waals surface area (Å²) in [6.07, 6.45) is 4.61. The molecule has 2 heterocycles. The lowest BCUT2D eigenvalue weighted by atomic mass is 10.2. The largest absolute Gasteiger partial charge is 0.397 e. The van der Waals surface area contributed by atoms with Crippen LogP contribution in [-0.2, 0) is 0 Å². The molecule has 3 N–H and O–H groups in total. The predicted octanol–water partition coefficient (Wildman–Crippen LogP) is 2.57. The lowest BCUT2D eigenvalue weighted by Gasteiger charge is -2.06. The highest BCUT2D eigenvalue weighted by molar-refractivity contribution is 7.16. The van der Waals surface area contributed by atoms with Gasteiger partial charge in [0.1, 0.15) is 10.7 Å². The maximum Gasteiger partial charge on any atom is 0.267 e. The van der Waals surface area contributed by atoms with E-state index < -0.39 is 11.7 Å². The molecule has 6 nitrogen and oxygen atoms in total. The van der Waals surface area contributed by atoms with E-state index in [1.807, 2.05) is 0 Å². The smallest absolute Gasteiger partial charge is 0.267 e. The first kappa shape index (κ1) is 14.1. The van der Waals surface area contributed by atoms with E-state index >= 15 is 0 Å². The number of rotatable bonds is 3. The molecule has 0 aliphatic carbocycles. The average Bonchev–Trinajstić information content (AvgIpc) is 3.02. The summed E-state index contributed by atoms with van der Waals surface area (Å²) in [5.41, 5.74) is 6.20. The molecular weight excluding hydrogens is 305 g/mol. The second-order valence-corrected chi connectivity index (χ2v) is 5.32. The van der Waals surface area contributed by atoms with Gasteiger partial charge >= 0.3 is 0 Å². The summed E-state index contributed by atoms with van der Waals surface area (Å²) in [6.45, 7) is 0. The van der Waals surface area contributed by atoms with Crippen LogP contribution in [0, 0.1) is 5.82 Å². The molecule has 0 saturated heterocycles. The molecule has 0 aliphatic rings. The van der Waals surface area contributed by atoms with Crippen molar-refractivity contribution in [2.45, 2.75) is 0 Å². The van der Waals surface area contributed by atoms with Crippen molar-refractivity contribution in [3.05, 3.63) is 53.6 Å². The quantitative estimate of drug-likeness (QED) is 0.724. The van der Waals surface area contributed by atoms with Crippen LogP contribution in [0.2, 0.25) is 0 Å². The summed E-state index contributed by atoms with van der Waals surface area (Å²) in [6, 6.07) is 5.47. The Balaban J connectivity index is 1.81. The van der Waals surface area contributed by atoms with Crippen molar-refractivity contribution < 1.29 is 9.18 Å². The first-order valence-electron chi connectivity index (χ1n) is 6.23. The van der Waals surface area contributed by atoms with Gasteiger partial charge in [-0.25, -0.2) is 19.3 Å². The summed E-state index contributed by atoms with van der Waals surface area (Å²) in [7, 11) is 0. The first-order chi connectivity index (χ1) is 10.6. The Hall–Kier alpha value is -2.87. The third-order valence-corrected chi connectivity index (χ3v) is 3.74. The van der Waals surface area contributed by atoms with Gasteiger partial charge in [-0.1, -0.05) is 0 Å². The highest BCUT2D eigenvalue weighted by Gasteiger charge is 2.14. The van der Waals surface area contributed by atoms with Gasteiger partial charge in [0.15, 0.2) is 10.8 Å². The molecule has 0 spiro atoms. The lowest BCUT2D eigenvalue weighted by Crippen LogP contribution is -2.11. The topological polar surface area (TPSA) is 93.8 Å². The Morgan fingerprint density at radius 3 is 2.77 bits per heavy atom. The van der Waals surface area contributed by atoms with E-state index in [9.17, 15) is 9.18 Å². The Morgan fingerprint density at radius 2 is 2.00 bits per heavy atom. The third-order valence-electron chi connectivity index (χ3n) is 2.75. The minimum absolute atomic E-state index is 0.218. The highest BCUT2D eigenvalue weighted by atomic mass is 32.1. The molecule has 0 bridgehead atoms. The van der Waals surface area contributed by atoms with Crippen LogP contribution in [0.4, 0.5) is 15.8 Å². The molecule has 3 aromatic rings. The maximum absolute atomic E-state index is 13.2. The van der Waals surface area contributed by atoms with Crippen molar-refractivity contribution >= 4 is 28.6 Å². The van der Waals surface area contributed by atoms with Crippen LogP contribution < -0.4 is 11.1 Å². The van der Waals surface area contributed by atoms with Crippen LogP contribution in [-0.4, -0.2) is 20.9 Å². The van der Waals surface area contributed by atoms with Gasteiger partial charge in [0, 0.05) is 12.4 Å². The number of aromatic nitrogens is 3. The predicted molar refractivity (Wildman–Crippen MR) is 81.9 cm³/mol.